The molecule has 0 spiro atoms. The quantitative estimate of drug-likeness (QED) is 0.548. The first-order chi connectivity index (χ1) is 9.79. The van der Waals surface area contributed by atoms with Gasteiger partial charge in [0.05, 0.1) is 5.71 Å². The van der Waals surface area contributed by atoms with Gasteiger partial charge in [-0.2, -0.15) is 0 Å². The van der Waals surface area contributed by atoms with Crippen molar-refractivity contribution in [1.29, 1.82) is 0 Å². The Morgan fingerprint density at radius 1 is 1.00 bits per heavy atom. The van der Waals surface area contributed by atoms with Crippen LogP contribution in [-0.4, -0.2) is 5.71 Å². The first kappa shape index (κ1) is 14.3. The molecule has 2 nitrogen and oxygen atoms in total. The Morgan fingerprint density at radius 3 is 2.35 bits per heavy atom. The van der Waals surface area contributed by atoms with Crippen molar-refractivity contribution in [2.45, 2.75) is 33.3 Å². The van der Waals surface area contributed by atoms with Gasteiger partial charge < -0.3 is 4.84 Å². The fourth-order valence-corrected chi connectivity index (χ4v) is 1.98. The average Bonchev–Trinajstić information content (AvgIpc) is 2.48. The van der Waals surface area contributed by atoms with E-state index in [2.05, 4.69) is 43.3 Å². The predicted molar refractivity (Wildman–Crippen MR) is 83.9 cm³/mol. The molecule has 0 aromatic heterocycles. The summed E-state index contributed by atoms with van der Waals surface area (Å²) in [6.07, 6.45) is 1.99. The molecule has 104 valence electrons. The van der Waals surface area contributed by atoms with E-state index >= 15 is 0 Å². The van der Waals surface area contributed by atoms with Crippen molar-refractivity contribution in [3.63, 3.8) is 0 Å². The summed E-state index contributed by atoms with van der Waals surface area (Å²) in [5, 5.41) is 4.33. The molecule has 2 aromatic carbocycles. The van der Waals surface area contributed by atoms with E-state index in [4.69, 9.17) is 4.84 Å². The molecule has 0 heterocycles. The van der Waals surface area contributed by atoms with Crippen LogP contribution in [0.2, 0.25) is 0 Å². The third-order valence-corrected chi connectivity index (χ3v) is 3.12. The Labute approximate surface area is 121 Å². The normalized spacial score (nSPS) is 11.4. The number of oxime groups is 1. The number of rotatable bonds is 6. The molecule has 2 aromatic rings. The minimum absolute atomic E-state index is 0.514. The fourth-order valence-electron chi connectivity index (χ4n) is 1.98. The van der Waals surface area contributed by atoms with Gasteiger partial charge >= 0.3 is 0 Å². The highest BCUT2D eigenvalue weighted by Crippen LogP contribution is 2.10. The summed E-state index contributed by atoms with van der Waals surface area (Å²) in [7, 11) is 0. The number of hydrogen-bond acceptors (Lipinski definition) is 2. The van der Waals surface area contributed by atoms with Crippen LogP contribution in [0.15, 0.2) is 59.8 Å². The van der Waals surface area contributed by atoms with Crippen molar-refractivity contribution >= 4 is 5.71 Å². The molecule has 0 bridgehead atoms. The molecule has 0 saturated heterocycles. The minimum Gasteiger partial charge on any atom is -0.391 e. The minimum atomic E-state index is 0.514. The second kappa shape index (κ2) is 7.49. The van der Waals surface area contributed by atoms with Crippen LogP contribution >= 0.6 is 0 Å². The summed E-state index contributed by atoms with van der Waals surface area (Å²) < 4.78 is 0. The predicted octanol–water partition coefficient (Wildman–Crippen LogP) is 4.72. The van der Waals surface area contributed by atoms with Gasteiger partial charge in [-0.05, 0) is 24.5 Å². The summed E-state index contributed by atoms with van der Waals surface area (Å²) >= 11 is 0. The molecule has 0 atom stereocenters. The lowest BCUT2D eigenvalue weighted by Crippen LogP contribution is -2.02. The first-order valence-corrected chi connectivity index (χ1v) is 7.09. The molecule has 0 aliphatic carbocycles. The molecule has 0 radical (unpaired) electrons. The van der Waals surface area contributed by atoms with Crippen LogP contribution in [-0.2, 0) is 11.4 Å². The molecule has 0 unspecified atom stereocenters. The summed E-state index contributed by atoms with van der Waals surface area (Å²) in [6.45, 7) is 4.76. The topological polar surface area (TPSA) is 21.6 Å². The molecule has 0 saturated carbocycles. The number of nitrogens with zero attached hydrogens (tertiary/aromatic N) is 1. The third-order valence-electron chi connectivity index (χ3n) is 3.12. The smallest absolute Gasteiger partial charge is 0.142 e. The van der Waals surface area contributed by atoms with E-state index in [1.54, 1.807) is 0 Å². The van der Waals surface area contributed by atoms with Crippen molar-refractivity contribution in [3.05, 3.63) is 71.3 Å². The molecule has 0 fully saturated rings. The van der Waals surface area contributed by atoms with Gasteiger partial charge in [0.2, 0.25) is 0 Å². The summed E-state index contributed by atoms with van der Waals surface area (Å²) in [4.78, 5) is 5.51. The average molecular weight is 267 g/mol. The zero-order valence-electron chi connectivity index (χ0n) is 12.2. The van der Waals surface area contributed by atoms with Gasteiger partial charge in [0.15, 0.2) is 0 Å². The Morgan fingerprint density at radius 2 is 1.70 bits per heavy atom. The highest BCUT2D eigenvalue weighted by Gasteiger charge is 2.03. The van der Waals surface area contributed by atoms with Crippen LogP contribution in [0.25, 0.3) is 0 Å². The Hall–Kier alpha value is -2.09. The van der Waals surface area contributed by atoms with E-state index in [0.717, 1.165) is 29.7 Å². The van der Waals surface area contributed by atoms with Crippen molar-refractivity contribution in [1.82, 2.24) is 0 Å². The van der Waals surface area contributed by atoms with E-state index < -0.39 is 0 Å². The highest BCUT2D eigenvalue weighted by atomic mass is 16.6. The van der Waals surface area contributed by atoms with Crippen LogP contribution < -0.4 is 0 Å². The molecule has 20 heavy (non-hydrogen) atoms. The molecular weight excluding hydrogens is 246 g/mol. The van der Waals surface area contributed by atoms with E-state index in [1.165, 1.54) is 5.56 Å². The third kappa shape index (κ3) is 4.23. The SMILES string of the molecule is CCCC(=NOCc1ccccc1)c1ccc(C)cc1. The highest BCUT2D eigenvalue weighted by molar-refractivity contribution is 6.00. The monoisotopic (exact) mass is 267 g/mol. The molecule has 0 N–H and O–H groups in total. The Balaban J connectivity index is 2.04. The maximum Gasteiger partial charge on any atom is 0.142 e. The Bertz CT molecular complexity index is 543. The number of aryl methyl sites for hydroxylation is 1. The van der Waals surface area contributed by atoms with Crippen molar-refractivity contribution < 1.29 is 4.84 Å². The number of benzene rings is 2. The van der Waals surface area contributed by atoms with Crippen molar-refractivity contribution in [2.24, 2.45) is 5.16 Å². The fraction of sp³-hybridized carbons (Fsp3) is 0.278. The maximum absolute atomic E-state index is 5.51. The molecule has 0 aliphatic rings. The second-order valence-electron chi connectivity index (χ2n) is 4.91. The van der Waals surface area contributed by atoms with E-state index in [1.807, 2.05) is 30.3 Å². The van der Waals surface area contributed by atoms with Crippen molar-refractivity contribution in [3.8, 4) is 0 Å². The zero-order valence-corrected chi connectivity index (χ0v) is 12.2. The van der Waals surface area contributed by atoms with Crippen LogP contribution in [0.4, 0.5) is 0 Å². The van der Waals surface area contributed by atoms with E-state index in [9.17, 15) is 0 Å². The van der Waals surface area contributed by atoms with Gasteiger partial charge in [-0.3, -0.25) is 0 Å². The largest absolute Gasteiger partial charge is 0.391 e. The van der Waals surface area contributed by atoms with Gasteiger partial charge in [-0.25, -0.2) is 0 Å². The van der Waals surface area contributed by atoms with Gasteiger partial charge in [-0.1, -0.05) is 78.7 Å². The molecule has 0 aliphatic heterocycles. The second-order valence-corrected chi connectivity index (χ2v) is 4.91. The van der Waals surface area contributed by atoms with Crippen molar-refractivity contribution in [2.75, 3.05) is 0 Å². The van der Waals surface area contributed by atoms with Gasteiger partial charge in [-0.15, -0.1) is 0 Å². The van der Waals surface area contributed by atoms with Gasteiger partial charge in [0, 0.05) is 0 Å². The summed E-state index contributed by atoms with van der Waals surface area (Å²) in [5.74, 6) is 0. The summed E-state index contributed by atoms with van der Waals surface area (Å²) in [6, 6.07) is 18.5. The lowest BCUT2D eigenvalue weighted by molar-refractivity contribution is 0.130. The molecule has 2 heteroatoms. The number of hydrogen-bond donors (Lipinski definition) is 0. The zero-order chi connectivity index (χ0) is 14.2. The molecule has 2 rings (SSSR count). The lowest BCUT2D eigenvalue weighted by atomic mass is 10.0. The van der Waals surface area contributed by atoms with Crippen LogP contribution in [0, 0.1) is 6.92 Å². The molecule has 0 amide bonds. The standard InChI is InChI=1S/C18H21NO/c1-3-7-18(17-12-10-15(2)11-13-17)19-20-14-16-8-5-4-6-9-16/h4-6,8-13H,3,7,14H2,1-2H3. The maximum atomic E-state index is 5.51. The summed E-state index contributed by atoms with van der Waals surface area (Å²) in [5.41, 5.74) is 4.56. The van der Waals surface area contributed by atoms with Crippen LogP contribution in [0.3, 0.4) is 0 Å². The lowest BCUT2D eigenvalue weighted by Gasteiger charge is -2.06. The van der Waals surface area contributed by atoms with E-state index in [-0.39, 0.29) is 0 Å². The van der Waals surface area contributed by atoms with Gasteiger partial charge in [0.25, 0.3) is 0 Å². The van der Waals surface area contributed by atoms with E-state index in [0.29, 0.717) is 6.61 Å². The van der Waals surface area contributed by atoms with Crippen LogP contribution in [0.5, 0.6) is 0 Å². The first-order valence-electron chi connectivity index (χ1n) is 7.09. The molecular formula is C18H21NO. The van der Waals surface area contributed by atoms with Gasteiger partial charge in [0.1, 0.15) is 6.61 Å². The Kier molecular flexibility index (Phi) is 5.36. The van der Waals surface area contributed by atoms with Crippen LogP contribution in [0.1, 0.15) is 36.5 Å².